The first-order valence-corrected chi connectivity index (χ1v) is 9.49. The zero-order chi connectivity index (χ0) is 18.4. The molecule has 0 aromatic carbocycles. The van der Waals surface area contributed by atoms with Crippen molar-refractivity contribution >= 4 is 6.29 Å². The molecular formula is C20H37N3O. The van der Waals surface area contributed by atoms with Gasteiger partial charge in [0.25, 0.3) is 0 Å². The topological polar surface area (TPSA) is 36.4 Å². The summed E-state index contributed by atoms with van der Waals surface area (Å²) in [5.74, 6) is 0.798. The summed E-state index contributed by atoms with van der Waals surface area (Å²) in [5, 5.41) is 0. The summed E-state index contributed by atoms with van der Waals surface area (Å²) in [7, 11) is 2.17. The van der Waals surface area contributed by atoms with Gasteiger partial charge in [0, 0.05) is 25.8 Å². The quantitative estimate of drug-likeness (QED) is 0.779. The summed E-state index contributed by atoms with van der Waals surface area (Å²) in [6.45, 7) is 16.0. The van der Waals surface area contributed by atoms with Gasteiger partial charge in [-0.2, -0.15) is 0 Å². The molecule has 138 valence electrons. The van der Waals surface area contributed by atoms with Crippen LogP contribution in [0.5, 0.6) is 0 Å². The van der Waals surface area contributed by atoms with Crippen LogP contribution in [0, 0.1) is 5.92 Å². The van der Waals surface area contributed by atoms with Crippen LogP contribution in [0.15, 0.2) is 18.3 Å². The molecular weight excluding hydrogens is 298 g/mol. The van der Waals surface area contributed by atoms with Gasteiger partial charge in [0.1, 0.15) is 5.69 Å². The first-order valence-electron chi connectivity index (χ1n) is 9.49. The Balaban J connectivity index is 0.000000443. The van der Waals surface area contributed by atoms with Crippen LogP contribution >= 0.6 is 0 Å². The molecule has 0 N–H and O–H groups in total. The Morgan fingerprint density at radius 2 is 1.75 bits per heavy atom. The van der Waals surface area contributed by atoms with Crippen molar-refractivity contribution in [3.05, 3.63) is 29.6 Å². The Bertz CT molecular complexity index is 425. The predicted octanol–water partition coefficient (Wildman–Crippen LogP) is 4.11. The normalized spacial score (nSPS) is 17.2. The number of aldehydes is 1. The fraction of sp³-hybridized carbons (Fsp3) is 0.700. The number of pyridine rings is 1. The van der Waals surface area contributed by atoms with Crippen LogP contribution in [-0.2, 0) is 6.54 Å². The standard InChI is InChI=1S/C11H14N2O.C5H11N.2C2H6/c1-9-5-13(6-9)7-10-3-2-4-12-11(10)8-14;1-6-4-2-3-5-6;2*1-2/h2-4,8-9H,5-7H2,1H3;2-5H2,1H3;2*1-2H3. The van der Waals surface area contributed by atoms with Gasteiger partial charge >= 0.3 is 0 Å². The molecule has 24 heavy (non-hydrogen) atoms. The van der Waals surface area contributed by atoms with Crippen molar-refractivity contribution in [1.29, 1.82) is 0 Å². The number of carbonyl (C=O) groups excluding carboxylic acids is 1. The van der Waals surface area contributed by atoms with Gasteiger partial charge in [-0.15, -0.1) is 0 Å². The van der Waals surface area contributed by atoms with Gasteiger partial charge in [-0.25, -0.2) is 0 Å². The Labute approximate surface area is 149 Å². The maximum atomic E-state index is 10.7. The summed E-state index contributed by atoms with van der Waals surface area (Å²) in [6, 6.07) is 3.85. The highest BCUT2D eigenvalue weighted by Crippen LogP contribution is 2.18. The predicted molar refractivity (Wildman–Crippen MR) is 103 cm³/mol. The number of hydrogen-bond donors (Lipinski definition) is 0. The minimum Gasteiger partial charge on any atom is -0.306 e. The van der Waals surface area contributed by atoms with Crippen molar-refractivity contribution in [2.24, 2.45) is 5.92 Å². The molecule has 0 saturated carbocycles. The van der Waals surface area contributed by atoms with E-state index in [0.29, 0.717) is 5.69 Å². The Hall–Kier alpha value is -1.26. The van der Waals surface area contributed by atoms with Crippen molar-refractivity contribution in [3.8, 4) is 0 Å². The molecule has 4 nitrogen and oxygen atoms in total. The van der Waals surface area contributed by atoms with Gasteiger partial charge in [0.15, 0.2) is 6.29 Å². The van der Waals surface area contributed by atoms with E-state index in [1.807, 2.05) is 39.8 Å². The zero-order valence-corrected chi connectivity index (χ0v) is 16.6. The largest absolute Gasteiger partial charge is 0.306 e. The lowest BCUT2D eigenvalue weighted by molar-refractivity contribution is 0.103. The second-order valence-corrected chi connectivity index (χ2v) is 5.98. The van der Waals surface area contributed by atoms with Gasteiger partial charge in [-0.05, 0) is 50.5 Å². The molecule has 0 spiro atoms. The summed E-state index contributed by atoms with van der Waals surface area (Å²) < 4.78 is 0. The molecule has 2 fully saturated rings. The van der Waals surface area contributed by atoms with Gasteiger partial charge in [-0.3, -0.25) is 14.7 Å². The molecule has 0 amide bonds. The molecule has 0 aliphatic carbocycles. The van der Waals surface area contributed by atoms with Gasteiger partial charge in [-0.1, -0.05) is 40.7 Å². The highest BCUT2D eigenvalue weighted by atomic mass is 16.1. The average molecular weight is 336 g/mol. The molecule has 2 aliphatic heterocycles. The number of nitrogens with zero attached hydrogens (tertiary/aromatic N) is 3. The summed E-state index contributed by atoms with van der Waals surface area (Å²) >= 11 is 0. The van der Waals surface area contributed by atoms with Crippen LogP contribution in [0.2, 0.25) is 0 Å². The van der Waals surface area contributed by atoms with Gasteiger partial charge < -0.3 is 4.90 Å². The highest BCUT2D eigenvalue weighted by molar-refractivity contribution is 5.73. The van der Waals surface area contributed by atoms with Gasteiger partial charge in [0.05, 0.1) is 0 Å². The Kier molecular flexibility index (Phi) is 13.4. The van der Waals surface area contributed by atoms with Crippen LogP contribution in [0.4, 0.5) is 0 Å². The molecule has 0 radical (unpaired) electrons. The molecule has 1 aromatic rings. The molecule has 4 heteroatoms. The minimum absolute atomic E-state index is 0.576. The number of carbonyl (C=O) groups is 1. The van der Waals surface area contributed by atoms with Crippen molar-refractivity contribution in [2.45, 2.75) is 54.0 Å². The average Bonchev–Trinajstić information content (AvgIpc) is 3.09. The number of hydrogen-bond acceptors (Lipinski definition) is 4. The first-order chi connectivity index (χ1) is 11.7. The van der Waals surface area contributed by atoms with E-state index >= 15 is 0 Å². The molecule has 3 rings (SSSR count). The van der Waals surface area contributed by atoms with Crippen molar-refractivity contribution in [3.63, 3.8) is 0 Å². The molecule has 0 atom stereocenters. The minimum atomic E-state index is 0.576. The van der Waals surface area contributed by atoms with Crippen LogP contribution < -0.4 is 0 Å². The summed E-state index contributed by atoms with van der Waals surface area (Å²) in [5.41, 5.74) is 1.61. The second kappa shape index (κ2) is 14.1. The molecule has 0 bridgehead atoms. The third-order valence-corrected chi connectivity index (χ3v) is 3.90. The molecule has 0 unspecified atom stereocenters. The fourth-order valence-electron chi connectivity index (χ4n) is 2.76. The number of likely N-dealkylation sites (tertiary alicyclic amines) is 2. The second-order valence-electron chi connectivity index (χ2n) is 5.98. The van der Waals surface area contributed by atoms with E-state index in [1.54, 1.807) is 6.20 Å². The maximum Gasteiger partial charge on any atom is 0.168 e. The number of rotatable bonds is 3. The first kappa shape index (κ1) is 22.7. The molecule has 1 aromatic heterocycles. The van der Waals surface area contributed by atoms with Gasteiger partial charge in [0.2, 0.25) is 0 Å². The van der Waals surface area contributed by atoms with E-state index in [-0.39, 0.29) is 0 Å². The van der Waals surface area contributed by atoms with E-state index in [1.165, 1.54) is 25.9 Å². The van der Waals surface area contributed by atoms with Crippen molar-refractivity contribution < 1.29 is 4.79 Å². The highest BCUT2D eigenvalue weighted by Gasteiger charge is 2.22. The zero-order valence-electron chi connectivity index (χ0n) is 16.6. The lowest BCUT2D eigenvalue weighted by atomic mass is 10.0. The van der Waals surface area contributed by atoms with E-state index in [0.717, 1.165) is 37.4 Å². The van der Waals surface area contributed by atoms with E-state index in [9.17, 15) is 4.79 Å². The SMILES string of the molecule is CC.CC.CC1CN(Cc2cccnc2C=O)C1.CN1CCCC1. The third kappa shape index (κ3) is 8.55. The lowest BCUT2D eigenvalue weighted by Gasteiger charge is -2.37. The molecule has 2 saturated heterocycles. The van der Waals surface area contributed by atoms with Crippen LogP contribution in [0.25, 0.3) is 0 Å². The van der Waals surface area contributed by atoms with E-state index < -0.39 is 0 Å². The monoisotopic (exact) mass is 335 g/mol. The van der Waals surface area contributed by atoms with Crippen LogP contribution in [0.3, 0.4) is 0 Å². The van der Waals surface area contributed by atoms with E-state index in [2.05, 4.69) is 28.8 Å². The maximum absolute atomic E-state index is 10.7. The van der Waals surface area contributed by atoms with Crippen LogP contribution in [0.1, 0.15) is 63.5 Å². The fourth-order valence-corrected chi connectivity index (χ4v) is 2.76. The molecule has 3 heterocycles. The van der Waals surface area contributed by atoms with Crippen molar-refractivity contribution in [2.75, 3.05) is 33.2 Å². The smallest absolute Gasteiger partial charge is 0.168 e. The Morgan fingerprint density at radius 1 is 1.17 bits per heavy atom. The van der Waals surface area contributed by atoms with Crippen LogP contribution in [-0.4, -0.2) is 54.3 Å². The third-order valence-electron chi connectivity index (χ3n) is 3.90. The summed E-state index contributed by atoms with van der Waals surface area (Å²) in [6.07, 6.45) is 5.32. The van der Waals surface area contributed by atoms with E-state index in [4.69, 9.17) is 0 Å². The summed E-state index contributed by atoms with van der Waals surface area (Å²) in [4.78, 5) is 19.4. The lowest BCUT2D eigenvalue weighted by Crippen LogP contribution is -2.44. The Morgan fingerprint density at radius 3 is 2.17 bits per heavy atom. The number of aromatic nitrogens is 1. The molecule has 2 aliphatic rings. The van der Waals surface area contributed by atoms with Crippen molar-refractivity contribution in [1.82, 2.24) is 14.8 Å².